The lowest BCUT2D eigenvalue weighted by molar-refractivity contribution is 0.883. The lowest BCUT2D eigenvalue weighted by Gasteiger charge is -2.04. The van der Waals surface area contributed by atoms with Crippen molar-refractivity contribution >= 4 is 11.6 Å². The van der Waals surface area contributed by atoms with Gasteiger partial charge >= 0.3 is 0 Å². The van der Waals surface area contributed by atoms with Crippen LogP contribution in [0.1, 0.15) is 16.8 Å². The fourth-order valence-electron chi connectivity index (χ4n) is 1.94. The Morgan fingerprint density at radius 3 is 2.47 bits per heavy atom. The zero-order chi connectivity index (χ0) is 12.4. The smallest absolute Gasteiger partial charge is 0.101 e. The Morgan fingerprint density at radius 1 is 1.29 bits per heavy atom. The van der Waals surface area contributed by atoms with Crippen LogP contribution in [0.5, 0.6) is 0 Å². The molecule has 0 atom stereocenters. The van der Waals surface area contributed by atoms with Gasteiger partial charge in [-0.2, -0.15) is 5.26 Å². The van der Waals surface area contributed by atoms with Crippen molar-refractivity contribution in [2.24, 2.45) is 7.05 Å². The van der Waals surface area contributed by atoms with Crippen LogP contribution in [-0.4, -0.2) is 4.57 Å². The Bertz CT molecular complexity index is 574. The number of benzene rings is 1. The summed E-state index contributed by atoms with van der Waals surface area (Å²) >= 11 is 5.76. The van der Waals surface area contributed by atoms with E-state index in [0.717, 1.165) is 22.4 Å². The minimum Gasteiger partial charge on any atom is -0.353 e. The molecule has 0 unspecified atom stereocenters. The van der Waals surface area contributed by atoms with Gasteiger partial charge in [-0.1, -0.05) is 24.3 Å². The van der Waals surface area contributed by atoms with Crippen LogP contribution in [0.15, 0.2) is 30.5 Å². The van der Waals surface area contributed by atoms with Crippen LogP contribution in [0, 0.1) is 18.3 Å². The summed E-state index contributed by atoms with van der Waals surface area (Å²) in [4.78, 5) is 0. The lowest BCUT2D eigenvalue weighted by atomic mass is 10.0. The predicted molar refractivity (Wildman–Crippen MR) is 69.9 cm³/mol. The highest BCUT2D eigenvalue weighted by Crippen LogP contribution is 2.28. The molecule has 0 aliphatic rings. The number of hydrogen-bond acceptors (Lipinski definition) is 1. The van der Waals surface area contributed by atoms with E-state index in [9.17, 15) is 0 Å². The zero-order valence-corrected chi connectivity index (χ0v) is 10.6. The number of nitriles is 1. The van der Waals surface area contributed by atoms with Crippen molar-refractivity contribution in [1.29, 1.82) is 5.26 Å². The molecule has 0 saturated carbocycles. The number of alkyl halides is 1. The van der Waals surface area contributed by atoms with Gasteiger partial charge in [0.1, 0.15) is 6.07 Å². The van der Waals surface area contributed by atoms with E-state index in [1.54, 1.807) is 0 Å². The third-order valence-electron chi connectivity index (χ3n) is 3.00. The molecule has 1 heterocycles. The van der Waals surface area contributed by atoms with Gasteiger partial charge < -0.3 is 4.57 Å². The molecule has 0 N–H and O–H groups in total. The van der Waals surface area contributed by atoms with Crippen LogP contribution in [0.25, 0.3) is 11.1 Å². The van der Waals surface area contributed by atoms with Gasteiger partial charge in [0.15, 0.2) is 0 Å². The van der Waals surface area contributed by atoms with Crippen molar-refractivity contribution in [3.8, 4) is 17.2 Å². The highest BCUT2D eigenvalue weighted by Gasteiger charge is 2.12. The Hall–Kier alpha value is -1.72. The van der Waals surface area contributed by atoms with Crippen molar-refractivity contribution in [2.75, 3.05) is 0 Å². The number of rotatable bonds is 2. The van der Waals surface area contributed by atoms with Gasteiger partial charge in [0.25, 0.3) is 0 Å². The van der Waals surface area contributed by atoms with E-state index in [0.29, 0.717) is 11.4 Å². The zero-order valence-electron chi connectivity index (χ0n) is 9.87. The summed E-state index contributed by atoms with van der Waals surface area (Å²) in [6.45, 7) is 2.02. The summed E-state index contributed by atoms with van der Waals surface area (Å²) < 4.78 is 1.98. The highest BCUT2D eigenvalue weighted by atomic mass is 35.5. The fourth-order valence-corrected chi connectivity index (χ4v) is 2.11. The molecule has 2 aromatic rings. The Balaban J connectivity index is 2.56. The summed E-state index contributed by atoms with van der Waals surface area (Å²) in [7, 11) is 1.95. The lowest BCUT2D eigenvalue weighted by Crippen LogP contribution is -1.89. The molecule has 0 aliphatic carbocycles. The van der Waals surface area contributed by atoms with E-state index in [2.05, 4.69) is 6.07 Å². The number of aryl methyl sites for hydroxylation is 1. The van der Waals surface area contributed by atoms with Crippen LogP contribution in [0.2, 0.25) is 0 Å². The molecule has 0 spiro atoms. The van der Waals surface area contributed by atoms with E-state index < -0.39 is 0 Å². The van der Waals surface area contributed by atoms with Gasteiger partial charge in [0.05, 0.1) is 5.56 Å². The molecule has 0 radical (unpaired) electrons. The maximum Gasteiger partial charge on any atom is 0.101 e. The maximum atomic E-state index is 9.13. The Labute approximate surface area is 106 Å². The van der Waals surface area contributed by atoms with Crippen LogP contribution in [0.3, 0.4) is 0 Å². The maximum absolute atomic E-state index is 9.13. The van der Waals surface area contributed by atoms with Gasteiger partial charge in [0, 0.05) is 30.4 Å². The second kappa shape index (κ2) is 4.65. The quantitative estimate of drug-likeness (QED) is 0.742. The standard InChI is InChI=1S/C14H13ClN2/c1-10-14(13(8-16)9-17(10)2)12-5-3-11(7-15)4-6-12/h3-6,9H,7H2,1-2H3. The van der Waals surface area contributed by atoms with Crippen molar-refractivity contribution in [3.05, 3.63) is 47.3 Å². The predicted octanol–water partition coefficient (Wildman–Crippen LogP) is 3.61. The summed E-state index contributed by atoms with van der Waals surface area (Å²) in [6.07, 6.45) is 1.86. The molecule has 1 aromatic carbocycles. The minimum atomic E-state index is 0.513. The number of aromatic nitrogens is 1. The van der Waals surface area contributed by atoms with Crippen LogP contribution in [-0.2, 0) is 12.9 Å². The molecule has 0 fully saturated rings. The van der Waals surface area contributed by atoms with Crippen molar-refractivity contribution in [3.63, 3.8) is 0 Å². The second-order valence-electron chi connectivity index (χ2n) is 4.06. The Kier molecular flexibility index (Phi) is 3.21. The van der Waals surface area contributed by atoms with E-state index in [4.69, 9.17) is 16.9 Å². The fraction of sp³-hybridized carbons (Fsp3) is 0.214. The molecule has 17 heavy (non-hydrogen) atoms. The molecule has 0 aliphatic heterocycles. The van der Waals surface area contributed by atoms with Crippen LogP contribution < -0.4 is 0 Å². The average Bonchev–Trinajstić information content (AvgIpc) is 2.65. The third kappa shape index (κ3) is 2.07. The monoisotopic (exact) mass is 244 g/mol. The number of halogens is 1. The topological polar surface area (TPSA) is 28.7 Å². The van der Waals surface area contributed by atoms with Gasteiger partial charge in [-0.25, -0.2) is 0 Å². The molecule has 0 bridgehead atoms. The molecule has 86 valence electrons. The molecular weight excluding hydrogens is 232 g/mol. The first-order valence-corrected chi connectivity index (χ1v) is 5.92. The first-order chi connectivity index (χ1) is 8.17. The molecule has 2 rings (SSSR count). The molecule has 2 nitrogen and oxygen atoms in total. The van der Waals surface area contributed by atoms with Crippen LogP contribution >= 0.6 is 11.6 Å². The third-order valence-corrected chi connectivity index (χ3v) is 3.31. The average molecular weight is 245 g/mol. The first kappa shape index (κ1) is 11.8. The summed E-state index contributed by atoms with van der Waals surface area (Å²) in [5.41, 5.74) is 4.97. The van der Waals surface area contributed by atoms with Crippen molar-refractivity contribution in [2.45, 2.75) is 12.8 Å². The van der Waals surface area contributed by atoms with E-state index in [-0.39, 0.29) is 0 Å². The van der Waals surface area contributed by atoms with E-state index in [1.807, 2.05) is 49.0 Å². The van der Waals surface area contributed by atoms with Gasteiger partial charge in [-0.05, 0) is 18.1 Å². The SMILES string of the molecule is Cc1c(-c2ccc(CCl)cc2)c(C#N)cn1C. The first-order valence-electron chi connectivity index (χ1n) is 5.38. The summed E-state index contributed by atoms with van der Waals surface area (Å²) in [5, 5.41) is 9.13. The van der Waals surface area contributed by atoms with Gasteiger partial charge in [-0.15, -0.1) is 11.6 Å². The number of nitrogens with zero attached hydrogens (tertiary/aromatic N) is 2. The molecule has 0 saturated heterocycles. The van der Waals surface area contributed by atoms with Gasteiger partial charge in [0.2, 0.25) is 0 Å². The van der Waals surface area contributed by atoms with Crippen molar-refractivity contribution < 1.29 is 0 Å². The van der Waals surface area contributed by atoms with E-state index >= 15 is 0 Å². The normalized spacial score (nSPS) is 10.2. The summed E-state index contributed by atoms with van der Waals surface area (Å²) in [5.74, 6) is 0.513. The molecular formula is C14H13ClN2. The Morgan fingerprint density at radius 2 is 1.94 bits per heavy atom. The van der Waals surface area contributed by atoms with Crippen molar-refractivity contribution in [1.82, 2.24) is 4.57 Å². The van der Waals surface area contributed by atoms with Crippen LogP contribution in [0.4, 0.5) is 0 Å². The number of hydrogen-bond donors (Lipinski definition) is 0. The molecule has 1 aromatic heterocycles. The van der Waals surface area contributed by atoms with Gasteiger partial charge in [-0.3, -0.25) is 0 Å². The summed E-state index contributed by atoms with van der Waals surface area (Å²) in [6, 6.07) is 10.3. The largest absolute Gasteiger partial charge is 0.353 e. The highest BCUT2D eigenvalue weighted by molar-refractivity contribution is 6.17. The molecule has 3 heteroatoms. The minimum absolute atomic E-state index is 0.513. The van der Waals surface area contributed by atoms with E-state index in [1.165, 1.54) is 0 Å². The molecule has 0 amide bonds. The second-order valence-corrected chi connectivity index (χ2v) is 4.32.